The predicted octanol–water partition coefficient (Wildman–Crippen LogP) is 10.1. The molecule has 0 aliphatic rings. The fourth-order valence-electron chi connectivity index (χ4n) is 6.41. The second-order valence-electron chi connectivity index (χ2n) is 13.9. The third kappa shape index (κ3) is 7.00. The van der Waals surface area contributed by atoms with Gasteiger partial charge in [0.25, 0.3) is 0 Å². The smallest absolute Gasteiger partial charge is 0.0303 e. The number of hydrogen-bond acceptors (Lipinski definition) is 0. The van der Waals surface area contributed by atoms with E-state index in [1.807, 2.05) is 0 Å². The highest BCUT2D eigenvalue weighted by Gasteiger charge is 2.43. The van der Waals surface area contributed by atoms with Crippen LogP contribution in [-0.4, -0.2) is 0 Å². The SMILES string of the molecule is CC(C)C(C)C(C)C(C)C(C)C(C(C)C(C)C(C)C(C)C(C)(C)C(C)C)C(C)(C)C. The van der Waals surface area contributed by atoms with Crippen LogP contribution in [0.1, 0.15) is 118 Å². The summed E-state index contributed by atoms with van der Waals surface area (Å²) in [5.74, 6) is 8.16. The van der Waals surface area contributed by atoms with Gasteiger partial charge in [-0.2, -0.15) is 0 Å². The van der Waals surface area contributed by atoms with E-state index in [0.29, 0.717) is 16.7 Å². The van der Waals surface area contributed by atoms with Crippen molar-refractivity contribution >= 4 is 0 Å². The molecule has 0 saturated carbocycles. The molecule has 0 rings (SSSR count). The fourth-order valence-corrected chi connectivity index (χ4v) is 6.41. The minimum Gasteiger partial charge on any atom is -0.0625 e. The normalized spacial score (nSPS) is 22.9. The number of rotatable bonds is 11. The van der Waals surface area contributed by atoms with Crippen molar-refractivity contribution in [1.82, 2.24) is 0 Å². The predicted molar refractivity (Wildman–Crippen MR) is 140 cm³/mol. The largest absolute Gasteiger partial charge is 0.0625 e. The van der Waals surface area contributed by atoms with Crippen molar-refractivity contribution in [1.29, 1.82) is 0 Å². The monoisotopic (exact) mass is 422 g/mol. The van der Waals surface area contributed by atoms with E-state index in [0.717, 1.165) is 59.2 Å². The Morgan fingerprint density at radius 2 is 0.733 bits per heavy atom. The summed E-state index contributed by atoms with van der Waals surface area (Å²) in [4.78, 5) is 0. The molecule has 182 valence electrons. The summed E-state index contributed by atoms with van der Waals surface area (Å²) in [6.07, 6.45) is 0. The molecule has 0 aromatic carbocycles. The van der Waals surface area contributed by atoms with Crippen LogP contribution in [0, 0.1) is 75.9 Å². The summed E-state index contributed by atoms with van der Waals surface area (Å²) < 4.78 is 0. The molecule has 0 amide bonds. The van der Waals surface area contributed by atoms with E-state index in [1.165, 1.54) is 0 Å². The topological polar surface area (TPSA) is 0 Å². The summed E-state index contributed by atoms with van der Waals surface area (Å²) >= 11 is 0. The Balaban J connectivity index is 5.78. The van der Waals surface area contributed by atoms with Crippen LogP contribution < -0.4 is 0 Å². The average molecular weight is 423 g/mol. The molecule has 0 heteroatoms. The maximum absolute atomic E-state index is 2.58. The molecule has 9 unspecified atom stereocenters. The minimum absolute atomic E-state index is 0.332. The molecule has 0 fully saturated rings. The van der Waals surface area contributed by atoms with Gasteiger partial charge in [0, 0.05) is 0 Å². The Hall–Kier alpha value is 0. The zero-order valence-electron chi connectivity index (χ0n) is 24.4. The van der Waals surface area contributed by atoms with Crippen LogP contribution in [0.3, 0.4) is 0 Å². The van der Waals surface area contributed by atoms with Crippen molar-refractivity contribution in [3.63, 3.8) is 0 Å². The van der Waals surface area contributed by atoms with Gasteiger partial charge in [-0.25, -0.2) is 0 Å². The molecule has 0 aliphatic heterocycles. The molecular formula is C30H62. The van der Waals surface area contributed by atoms with Gasteiger partial charge in [-0.15, -0.1) is 0 Å². The first-order chi connectivity index (χ1) is 13.3. The lowest BCUT2D eigenvalue weighted by atomic mass is 9.56. The molecule has 0 saturated heterocycles. The van der Waals surface area contributed by atoms with Gasteiger partial charge in [0.15, 0.2) is 0 Å². The Labute approximate surface area is 193 Å². The Morgan fingerprint density at radius 3 is 1.03 bits per heavy atom. The summed E-state index contributed by atoms with van der Waals surface area (Å²) in [6.45, 7) is 42.3. The van der Waals surface area contributed by atoms with Crippen molar-refractivity contribution in [3.05, 3.63) is 0 Å². The molecule has 0 radical (unpaired) electrons. The van der Waals surface area contributed by atoms with Gasteiger partial charge in [-0.1, -0.05) is 118 Å². The van der Waals surface area contributed by atoms with Crippen LogP contribution in [-0.2, 0) is 0 Å². The molecule has 0 aliphatic carbocycles. The van der Waals surface area contributed by atoms with Gasteiger partial charge in [-0.3, -0.25) is 0 Å². The maximum Gasteiger partial charge on any atom is -0.0303 e. The van der Waals surface area contributed by atoms with E-state index in [1.54, 1.807) is 0 Å². The average Bonchev–Trinajstić information content (AvgIpc) is 2.62. The van der Waals surface area contributed by atoms with E-state index >= 15 is 0 Å². The van der Waals surface area contributed by atoms with Crippen molar-refractivity contribution in [3.8, 4) is 0 Å². The van der Waals surface area contributed by atoms with E-state index in [-0.39, 0.29) is 0 Å². The molecule has 0 nitrogen and oxygen atoms in total. The summed E-state index contributed by atoms with van der Waals surface area (Å²) in [5, 5.41) is 0. The van der Waals surface area contributed by atoms with Crippen molar-refractivity contribution < 1.29 is 0 Å². The standard InChI is InChI=1S/C30H62/c1-18(2)20(5)21(6)22(7)25(10)28(29(13,14)15)26(11)23(8)24(9)27(12)30(16,17)19(3)4/h18-28H,1-17H3. The first-order valence-electron chi connectivity index (χ1n) is 13.3. The maximum atomic E-state index is 2.58. The second-order valence-corrected chi connectivity index (χ2v) is 13.9. The zero-order valence-corrected chi connectivity index (χ0v) is 24.4. The first kappa shape index (κ1) is 30.0. The van der Waals surface area contributed by atoms with E-state index < -0.39 is 0 Å². The summed E-state index contributed by atoms with van der Waals surface area (Å²) in [7, 11) is 0. The van der Waals surface area contributed by atoms with E-state index in [9.17, 15) is 0 Å². The van der Waals surface area contributed by atoms with Crippen LogP contribution in [0.25, 0.3) is 0 Å². The lowest BCUT2D eigenvalue weighted by Crippen LogP contribution is -2.43. The summed E-state index contributed by atoms with van der Waals surface area (Å²) in [5.41, 5.74) is 0.712. The molecule has 0 aromatic heterocycles. The molecule has 30 heavy (non-hydrogen) atoms. The molecular weight excluding hydrogens is 360 g/mol. The summed E-state index contributed by atoms with van der Waals surface area (Å²) in [6, 6.07) is 0. The van der Waals surface area contributed by atoms with Gasteiger partial charge in [0.05, 0.1) is 0 Å². The van der Waals surface area contributed by atoms with Crippen LogP contribution in [0.15, 0.2) is 0 Å². The van der Waals surface area contributed by atoms with Crippen molar-refractivity contribution in [2.45, 2.75) is 118 Å². The quantitative estimate of drug-likeness (QED) is 0.310. The van der Waals surface area contributed by atoms with Gasteiger partial charge < -0.3 is 0 Å². The van der Waals surface area contributed by atoms with Gasteiger partial charge in [-0.05, 0) is 75.9 Å². The lowest BCUT2D eigenvalue weighted by Gasteiger charge is -2.49. The second kappa shape index (κ2) is 11.2. The molecule has 0 aromatic rings. The lowest BCUT2D eigenvalue weighted by molar-refractivity contribution is -0.00667. The highest BCUT2D eigenvalue weighted by Crippen LogP contribution is 2.50. The Kier molecular flexibility index (Phi) is 11.2. The molecule has 9 atom stereocenters. The third-order valence-corrected chi connectivity index (χ3v) is 10.8. The van der Waals surface area contributed by atoms with Crippen LogP contribution in [0.4, 0.5) is 0 Å². The van der Waals surface area contributed by atoms with Gasteiger partial charge in [0.1, 0.15) is 0 Å². The van der Waals surface area contributed by atoms with Crippen LogP contribution in [0.2, 0.25) is 0 Å². The Morgan fingerprint density at radius 1 is 0.400 bits per heavy atom. The fraction of sp³-hybridized carbons (Fsp3) is 1.00. The highest BCUT2D eigenvalue weighted by molar-refractivity contribution is 4.92. The Bertz CT molecular complexity index is 477. The van der Waals surface area contributed by atoms with Crippen LogP contribution in [0.5, 0.6) is 0 Å². The van der Waals surface area contributed by atoms with E-state index in [2.05, 4.69) is 118 Å². The zero-order chi connectivity index (χ0) is 24.4. The first-order valence-corrected chi connectivity index (χ1v) is 13.3. The molecule has 0 heterocycles. The van der Waals surface area contributed by atoms with Gasteiger partial charge >= 0.3 is 0 Å². The van der Waals surface area contributed by atoms with Crippen LogP contribution >= 0.6 is 0 Å². The third-order valence-electron chi connectivity index (χ3n) is 10.8. The molecule has 0 bridgehead atoms. The minimum atomic E-state index is 0.332. The number of hydrogen-bond donors (Lipinski definition) is 0. The molecule has 0 N–H and O–H groups in total. The van der Waals surface area contributed by atoms with Crippen molar-refractivity contribution in [2.75, 3.05) is 0 Å². The van der Waals surface area contributed by atoms with Gasteiger partial charge in [0.2, 0.25) is 0 Å². The van der Waals surface area contributed by atoms with Crippen molar-refractivity contribution in [2.24, 2.45) is 75.9 Å². The van der Waals surface area contributed by atoms with E-state index in [4.69, 9.17) is 0 Å². The highest BCUT2D eigenvalue weighted by atomic mass is 14.5. The molecule has 0 spiro atoms.